The Morgan fingerprint density at radius 2 is 2.10 bits per heavy atom. The molecule has 0 unspecified atom stereocenters. The number of nitrogens with zero attached hydrogens (tertiary/aromatic N) is 1. The summed E-state index contributed by atoms with van der Waals surface area (Å²) >= 11 is 0. The van der Waals surface area contributed by atoms with Crippen LogP contribution >= 0.6 is 0 Å². The fourth-order valence-corrected chi connectivity index (χ4v) is 2.28. The number of carboxylic acids is 1. The Morgan fingerprint density at radius 1 is 1.38 bits per heavy atom. The monoisotopic (exact) mass is 291 g/mol. The molecule has 0 atom stereocenters. The molecule has 0 radical (unpaired) electrons. The van der Waals surface area contributed by atoms with Crippen molar-refractivity contribution in [3.05, 3.63) is 46.7 Å². The third kappa shape index (κ3) is 2.84. The van der Waals surface area contributed by atoms with Crippen LogP contribution in [0.1, 0.15) is 44.8 Å². The number of carboxylic acid groups (broad SMARTS) is 1. The second kappa shape index (κ2) is 5.87. The zero-order chi connectivity index (χ0) is 15.6. The van der Waals surface area contributed by atoms with Crippen LogP contribution in [0, 0.1) is 13.8 Å². The molecule has 0 saturated heterocycles. The van der Waals surface area contributed by atoms with E-state index in [9.17, 15) is 9.59 Å². The minimum Gasteiger partial charge on any atom is -0.475 e. The molecule has 6 nitrogen and oxygen atoms in total. The molecule has 112 valence electrons. The summed E-state index contributed by atoms with van der Waals surface area (Å²) in [5, 5.41) is 9.06. The van der Waals surface area contributed by atoms with Crippen LogP contribution in [0.3, 0.4) is 0 Å². The van der Waals surface area contributed by atoms with Gasteiger partial charge in [-0.25, -0.2) is 9.59 Å². The number of esters is 1. The van der Waals surface area contributed by atoms with Gasteiger partial charge in [0.1, 0.15) is 0 Å². The second-order valence-corrected chi connectivity index (χ2v) is 4.67. The predicted octanol–water partition coefficient (Wildman–Crippen LogP) is 2.62. The van der Waals surface area contributed by atoms with Gasteiger partial charge in [-0.3, -0.25) is 0 Å². The number of carbonyl (C=O) groups excluding carboxylic acids is 1. The molecule has 0 aliphatic heterocycles. The smallest absolute Gasteiger partial charge is 0.372 e. The first kappa shape index (κ1) is 14.9. The standard InChI is InChI=1S/C15H17NO5/c1-4-20-15(19)12-7-9(2)16(10(12)3)8-11-5-6-21-13(11)14(17)18/h5-7H,4,8H2,1-3H3,(H,17,18). The van der Waals surface area contributed by atoms with E-state index in [4.69, 9.17) is 14.3 Å². The van der Waals surface area contributed by atoms with Crippen molar-refractivity contribution in [1.82, 2.24) is 4.57 Å². The highest BCUT2D eigenvalue weighted by Crippen LogP contribution is 2.20. The summed E-state index contributed by atoms with van der Waals surface area (Å²) in [5.41, 5.74) is 2.64. The van der Waals surface area contributed by atoms with Gasteiger partial charge < -0.3 is 18.8 Å². The molecule has 2 aromatic heterocycles. The topological polar surface area (TPSA) is 81.7 Å². The summed E-state index contributed by atoms with van der Waals surface area (Å²) in [4.78, 5) is 22.9. The third-order valence-electron chi connectivity index (χ3n) is 3.34. The highest BCUT2D eigenvalue weighted by molar-refractivity contribution is 5.91. The molecule has 2 aromatic rings. The Hall–Kier alpha value is -2.50. The van der Waals surface area contributed by atoms with Gasteiger partial charge >= 0.3 is 11.9 Å². The van der Waals surface area contributed by atoms with Gasteiger partial charge in [0.25, 0.3) is 0 Å². The van der Waals surface area contributed by atoms with Gasteiger partial charge in [0.15, 0.2) is 0 Å². The maximum atomic E-state index is 11.9. The van der Waals surface area contributed by atoms with Crippen molar-refractivity contribution in [2.45, 2.75) is 27.3 Å². The highest BCUT2D eigenvalue weighted by Gasteiger charge is 2.19. The van der Waals surface area contributed by atoms with Crippen LogP contribution in [0.25, 0.3) is 0 Å². The third-order valence-corrected chi connectivity index (χ3v) is 3.34. The lowest BCUT2D eigenvalue weighted by molar-refractivity contribution is 0.0524. The first-order valence-electron chi connectivity index (χ1n) is 6.59. The summed E-state index contributed by atoms with van der Waals surface area (Å²) in [6, 6.07) is 3.36. The average molecular weight is 291 g/mol. The van der Waals surface area contributed by atoms with Crippen LogP contribution in [0.4, 0.5) is 0 Å². The van der Waals surface area contributed by atoms with Crippen molar-refractivity contribution in [3.63, 3.8) is 0 Å². The number of furan rings is 1. The first-order chi connectivity index (χ1) is 9.95. The van der Waals surface area contributed by atoms with Gasteiger partial charge in [-0.15, -0.1) is 0 Å². The Bertz CT molecular complexity index is 680. The lowest BCUT2D eigenvalue weighted by Crippen LogP contribution is -2.10. The van der Waals surface area contributed by atoms with E-state index in [1.54, 1.807) is 26.0 Å². The number of hydrogen-bond donors (Lipinski definition) is 1. The zero-order valence-corrected chi connectivity index (χ0v) is 12.2. The van der Waals surface area contributed by atoms with Crippen LogP contribution in [0.5, 0.6) is 0 Å². The van der Waals surface area contributed by atoms with Gasteiger partial charge in [-0.2, -0.15) is 0 Å². The molecule has 0 aliphatic rings. The molecule has 0 aliphatic carbocycles. The normalized spacial score (nSPS) is 10.6. The van der Waals surface area contributed by atoms with E-state index in [-0.39, 0.29) is 11.7 Å². The predicted molar refractivity (Wildman–Crippen MR) is 74.6 cm³/mol. The SMILES string of the molecule is CCOC(=O)c1cc(C)n(Cc2ccoc2C(=O)O)c1C. The number of carbonyl (C=O) groups is 2. The first-order valence-corrected chi connectivity index (χ1v) is 6.59. The summed E-state index contributed by atoms with van der Waals surface area (Å²) < 4.78 is 11.8. The van der Waals surface area contributed by atoms with Crippen molar-refractivity contribution in [1.29, 1.82) is 0 Å². The molecule has 0 bridgehead atoms. The Morgan fingerprint density at radius 3 is 2.71 bits per heavy atom. The second-order valence-electron chi connectivity index (χ2n) is 4.67. The fraction of sp³-hybridized carbons (Fsp3) is 0.333. The molecular weight excluding hydrogens is 274 g/mol. The molecule has 2 rings (SSSR count). The number of aromatic carboxylic acids is 1. The molecule has 0 spiro atoms. The van der Waals surface area contributed by atoms with E-state index in [2.05, 4.69) is 0 Å². The van der Waals surface area contributed by atoms with Crippen molar-refractivity contribution >= 4 is 11.9 Å². The number of aryl methyl sites for hydroxylation is 1. The van der Waals surface area contributed by atoms with E-state index >= 15 is 0 Å². The number of hydrogen-bond acceptors (Lipinski definition) is 4. The van der Waals surface area contributed by atoms with Gasteiger partial charge in [0.2, 0.25) is 5.76 Å². The van der Waals surface area contributed by atoms with Crippen molar-refractivity contribution < 1.29 is 23.8 Å². The Balaban J connectivity index is 2.35. The van der Waals surface area contributed by atoms with Crippen molar-refractivity contribution in [3.8, 4) is 0 Å². The van der Waals surface area contributed by atoms with Gasteiger partial charge in [0, 0.05) is 17.0 Å². The molecular formula is C15H17NO5. The van der Waals surface area contributed by atoms with E-state index in [1.165, 1.54) is 6.26 Å². The number of rotatable bonds is 5. The lowest BCUT2D eigenvalue weighted by atomic mass is 10.2. The Kier molecular flexibility index (Phi) is 4.16. The summed E-state index contributed by atoms with van der Waals surface area (Å²) in [5.74, 6) is -1.56. The quantitative estimate of drug-likeness (QED) is 0.856. The van der Waals surface area contributed by atoms with E-state index in [0.29, 0.717) is 24.3 Å². The van der Waals surface area contributed by atoms with Gasteiger partial charge in [-0.05, 0) is 32.9 Å². The minimum atomic E-state index is -1.11. The largest absolute Gasteiger partial charge is 0.475 e. The molecule has 1 N–H and O–H groups in total. The molecule has 0 saturated carbocycles. The maximum Gasteiger partial charge on any atom is 0.372 e. The summed E-state index contributed by atoms with van der Waals surface area (Å²) in [6.07, 6.45) is 1.35. The van der Waals surface area contributed by atoms with Crippen LogP contribution in [-0.4, -0.2) is 28.2 Å². The highest BCUT2D eigenvalue weighted by atomic mass is 16.5. The van der Waals surface area contributed by atoms with E-state index < -0.39 is 5.97 Å². The molecule has 6 heteroatoms. The average Bonchev–Trinajstić information content (AvgIpc) is 2.99. The minimum absolute atomic E-state index is 0.0832. The maximum absolute atomic E-state index is 11.9. The molecule has 0 amide bonds. The molecule has 2 heterocycles. The Labute approximate surface area is 121 Å². The number of ether oxygens (including phenoxy) is 1. The lowest BCUT2D eigenvalue weighted by Gasteiger charge is -2.09. The number of aromatic nitrogens is 1. The zero-order valence-electron chi connectivity index (χ0n) is 12.2. The van der Waals surface area contributed by atoms with E-state index in [1.807, 2.05) is 11.5 Å². The fourth-order valence-electron chi connectivity index (χ4n) is 2.28. The van der Waals surface area contributed by atoms with Crippen LogP contribution in [0.2, 0.25) is 0 Å². The van der Waals surface area contributed by atoms with Gasteiger partial charge in [0.05, 0.1) is 25.0 Å². The van der Waals surface area contributed by atoms with Crippen LogP contribution < -0.4 is 0 Å². The van der Waals surface area contributed by atoms with E-state index in [0.717, 1.165) is 11.4 Å². The van der Waals surface area contributed by atoms with Crippen molar-refractivity contribution in [2.24, 2.45) is 0 Å². The summed E-state index contributed by atoms with van der Waals surface area (Å²) in [6.45, 7) is 6.06. The van der Waals surface area contributed by atoms with Crippen LogP contribution in [-0.2, 0) is 11.3 Å². The van der Waals surface area contributed by atoms with Gasteiger partial charge in [-0.1, -0.05) is 0 Å². The molecule has 21 heavy (non-hydrogen) atoms. The van der Waals surface area contributed by atoms with Crippen molar-refractivity contribution in [2.75, 3.05) is 6.61 Å². The molecule has 0 fully saturated rings. The van der Waals surface area contributed by atoms with Crippen LogP contribution in [0.15, 0.2) is 22.8 Å². The summed E-state index contributed by atoms with van der Waals surface area (Å²) in [7, 11) is 0. The molecule has 0 aromatic carbocycles.